The van der Waals surface area contributed by atoms with Crippen LogP contribution in [0.2, 0.25) is 5.02 Å². The highest BCUT2D eigenvalue weighted by atomic mass is 35.5. The Morgan fingerprint density at radius 1 is 1.19 bits per heavy atom. The first-order chi connectivity index (χ1) is 12.6. The number of amides is 2. The van der Waals surface area contributed by atoms with Gasteiger partial charge in [0.25, 0.3) is 5.91 Å². The number of halogens is 1. The first kappa shape index (κ1) is 18.2. The summed E-state index contributed by atoms with van der Waals surface area (Å²) in [5.41, 5.74) is 2.04. The van der Waals surface area contributed by atoms with Crippen molar-refractivity contribution in [3.05, 3.63) is 53.3 Å². The molecule has 26 heavy (non-hydrogen) atoms. The number of pyridine rings is 1. The summed E-state index contributed by atoms with van der Waals surface area (Å²) in [7, 11) is 0. The number of carbonyl (C=O) groups is 2. The van der Waals surface area contributed by atoms with Gasteiger partial charge in [-0.2, -0.15) is 0 Å². The van der Waals surface area contributed by atoms with Crippen LogP contribution in [0.1, 0.15) is 23.7 Å². The lowest BCUT2D eigenvalue weighted by molar-refractivity contribution is -0.131. The van der Waals surface area contributed by atoms with Gasteiger partial charge in [0, 0.05) is 50.0 Å². The molecule has 136 valence electrons. The monoisotopic (exact) mass is 372 g/mol. The van der Waals surface area contributed by atoms with Crippen LogP contribution in [0.15, 0.2) is 42.7 Å². The summed E-state index contributed by atoms with van der Waals surface area (Å²) in [6.45, 7) is 4.64. The van der Waals surface area contributed by atoms with Crippen molar-refractivity contribution in [2.45, 2.75) is 13.3 Å². The molecule has 3 rings (SSSR count). The Hall–Kier alpha value is -2.60. The quantitative estimate of drug-likeness (QED) is 0.895. The van der Waals surface area contributed by atoms with Gasteiger partial charge >= 0.3 is 0 Å². The molecule has 1 aliphatic heterocycles. The first-order valence-corrected chi connectivity index (χ1v) is 9.00. The second-order valence-corrected chi connectivity index (χ2v) is 6.52. The van der Waals surface area contributed by atoms with Crippen LogP contribution < -0.4 is 10.2 Å². The predicted molar refractivity (Wildman–Crippen MR) is 103 cm³/mol. The number of hydrogen-bond donors (Lipinski definition) is 1. The van der Waals surface area contributed by atoms with E-state index in [0.29, 0.717) is 48.9 Å². The van der Waals surface area contributed by atoms with E-state index in [1.54, 1.807) is 30.5 Å². The van der Waals surface area contributed by atoms with E-state index in [1.807, 2.05) is 17.9 Å². The van der Waals surface area contributed by atoms with Gasteiger partial charge in [-0.3, -0.25) is 14.6 Å². The number of piperazine rings is 1. The first-order valence-electron chi connectivity index (χ1n) is 8.62. The molecule has 2 amide bonds. The third kappa shape index (κ3) is 4.14. The SMILES string of the molecule is CCC(=O)N1CCN(c2ccc(Cl)cc2NC(=O)c2cccnc2)CC1. The molecule has 0 bridgehead atoms. The molecule has 0 aliphatic carbocycles. The topological polar surface area (TPSA) is 65.5 Å². The molecule has 0 spiro atoms. The molecule has 1 N–H and O–H groups in total. The third-order valence-electron chi connectivity index (χ3n) is 4.41. The van der Waals surface area contributed by atoms with Gasteiger partial charge in [0.1, 0.15) is 0 Å². The number of anilines is 2. The van der Waals surface area contributed by atoms with E-state index in [4.69, 9.17) is 11.6 Å². The van der Waals surface area contributed by atoms with E-state index >= 15 is 0 Å². The lowest BCUT2D eigenvalue weighted by atomic mass is 10.2. The van der Waals surface area contributed by atoms with Crippen molar-refractivity contribution in [2.75, 3.05) is 36.4 Å². The molecule has 0 radical (unpaired) electrons. The maximum absolute atomic E-state index is 12.5. The van der Waals surface area contributed by atoms with E-state index in [1.165, 1.54) is 6.20 Å². The van der Waals surface area contributed by atoms with Crippen molar-refractivity contribution in [2.24, 2.45) is 0 Å². The van der Waals surface area contributed by atoms with E-state index < -0.39 is 0 Å². The molecule has 7 heteroatoms. The fourth-order valence-corrected chi connectivity index (χ4v) is 3.17. The highest BCUT2D eigenvalue weighted by molar-refractivity contribution is 6.31. The van der Waals surface area contributed by atoms with Crippen molar-refractivity contribution in [1.29, 1.82) is 0 Å². The second-order valence-electron chi connectivity index (χ2n) is 6.08. The van der Waals surface area contributed by atoms with Crippen LogP contribution in [0.4, 0.5) is 11.4 Å². The Kier molecular flexibility index (Phi) is 5.73. The summed E-state index contributed by atoms with van der Waals surface area (Å²) in [6.07, 6.45) is 3.67. The maximum Gasteiger partial charge on any atom is 0.257 e. The molecule has 1 fully saturated rings. The summed E-state index contributed by atoms with van der Waals surface area (Å²) in [5, 5.41) is 3.48. The summed E-state index contributed by atoms with van der Waals surface area (Å²) in [5.74, 6) is -0.0627. The van der Waals surface area contributed by atoms with Crippen LogP contribution in [0.25, 0.3) is 0 Å². The fraction of sp³-hybridized carbons (Fsp3) is 0.316. The van der Waals surface area contributed by atoms with Gasteiger partial charge in [-0.05, 0) is 30.3 Å². The summed E-state index contributed by atoms with van der Waals surface area (Å²) in [4.78, 5) is 32.3. The minimum Gasteiger partial charge on any atom is -0.366 e. The lowest BCUT2D eigenvalue weighted by Crippen LogP contribution is -2.48. The minimum absolute atomic E-state index is 0.172. The third-order valence-corrected chi connectivity index (χ3v) is 4.64. The Balaban J connectivity index is 1.77. The number of nitrogens with zero attached hydrogens (tertiary/aromatic N) is 3. The van der Waals surface area contributed by atoms with Crippen molar-refractivity contribution < 1.29 is 9.59 Å². The standard InChI is InChI=1S/C19H21ClN4O2/c1-2-18(25)24-10-8-23(9-11-24)17-6-5-15(20)12-16(17)22-19(26)14-4-3-7-21-13-14/h3-7,12-13H,2,8-11H2,1H3,(H,22,26). The highest BCUT2D eigenvalue weighted by Gasteiger charge is 2.22. The number of rotatable bonds is 4. The van der Waals surface area contributed by atoms with Gasteiger partial charge in [-0.25, -0.2) is 0 Å². The Morgan fingerprint density at radius 2 is 1.96 bits per heavy atom. The second kappa shape index (κ2) is 8.19. The molecular weight excluding hydrogens is 352 g/mol. The average molecular weight is 373 g/mol. The lowest BCUT2D eigenvalue weighted by Gasteiger charge is -2.37. The molecule has 1 aromatic carbocycles. The molecule has 0 saturated carbocycles. The molecule has 2 aromatic rings. The smallest absolute Gasteiger partial charge is 0.257 e. The minimum atomic E-state index is -0.235. The van der Waals surface area contributed by atoms with Gasteiger partial charge < -0.3 is 15.1 Å². The summed E-state index contributed by atoms with van der Waals surface area (Å²) >= 11 is 6.13. The molecule has 0 unspecified atom stereocenters. The van der Waals surface area contributed by atoms with E-state index in [9.17, 15) is 9.59 Å². The van der Waals surface area contributed by atoms with Crippen molar-refractivity contribution >= 4 is 34.8 Å². The molecule has 1 saturated heterocycles. The van der Waals surface area contributed by atoms with Crippen molar-refractivity contribution in [1.82, 2.24) is 9.88 Å². The Morgan fingerprint density at radius 3 is 2.62 bits per heavy atom. The van der Waals surface area contributed by atoms with E-state index in [-0.39, 0.29) is 11.8 Å². The van der Waals surface area contributed by atoms with E-state index in [0.717, 1.165) is 5.69 Å². The summed E-state index contributed by atoms with van der Waals surface area (Å²) < 4.78 is 0. The fourth-order valence-electron chi connectivity index (χ4n) is 3.00. The van der Waals surface area contributed by atoms with Crippen LogP contribution in [0.5, 0.6) is 0 Å². The number of aromatic nitrogens is 1. The predicted octanol–water partition coefficient (Wildman–Crippen LogP) is 3.05. The normalized spacial score (nSPS) is 14.2. The zero-order valence-electron chi connectivity index (χ0n) is 14.6. The zero-order valence-corrected chi connectivity index (χ0v) is 15.4. The van der Waals surface area contributed by atoms with Gasteiger partial charge in [0.05, 0.1) is 16.9 Å². The average Bonchev–Trinajstić information content (AvgIpc) is 2.68. The number of nitrogens with one attached hydrogen (secondary N) is 1. The maximum atomic E-state index is 12.5. The largest absolute Gasteiger partial charge is 0.366 e. The molecule has 2 heterocycles. The van der Waals surface area contributed by atoms with Crippen LogP contribution >= 0.6 is 11.6 Å². The molecule has 0 atom stereocenters. The highest BCUT2D eigenvalue weighted by Crippen LogP contribution is 2.30. The number of carbonyl (C=O) groups excluding carboxylic acids is 2. The van der Waals surface area contributed by atoms with Gasteiger partial charge in [0.15, 0.2) is 0 Å². The van der Waals surface area contributed by atoms with Crippen molar-refractivity contribution in [3.63, 3.8) is 0 Å². The van der Waals surface area contributed by atoms with Crippen LogP contribution in [0.3, 0.4) is 0 Å². The van der Waals surface area contributed by atoms with Gasteiger partial charge in [0.2, 0.25) is 5.91 Å². The zero-order chi connectivity index (χ0) is 18.5. The van der Waals surface area contributed by atoms with Crippen molar-refractivity contribution in [3.8, 4) is 0 Å². The van der Waals surface area contributed by atoms with Crippen LogP contribution in [-0.4, -0.2) is 47.9 Å². The number of hydrogen-bond acceptors (Lipinski definition) is 4. The summed E-state index contributed by atoms with van der Waals surface area (Å²) in [6, 6.07) is 8.88. The Labute approximate surface area is 157 Å². The molecule has 1 aliphatic rings. The Bertz CT molecular complexity index is 789. The molecule has 6 nitrogen and oxygen atoms in total. The van der Waals surface area contributed by atoms with Gasteiger partial charge in [-0.15, -0.1) is 0 Å². The van der Waals surface area contributed by atoms with E-state index in [2.05, 4.69) is 15.2 Å². The van der Waals surface area contributed by atoms with Crippen LogP contribution in [0, 0.1) is 0 Å². The van der Waals surface area contributed by atoms with Crippen LogP contribution in [-0.2, 0) is 4.79 Å². The van der Waals surface area contributed by atoms with Gasteiger partial charge in [-0.1, -0.05) is 18.5 Å². The molecular formula is C19H21ClN4O2. The number of benzene rings is 1. The molecule has 1 aromatic heterocycles.